The molecule has 0 bridgehead atoms. The van der Waals surface area contributed by atoms with Crippen molar-refractivity contribution in [3.8, 4) is 17.3 Å². The highest BCUT2D eigenvalue weighted by Crippen LogP contribution is 2.41. The Kier molecular flexibility index (Phi) is 4.16. The number of hydrogen-bond acceptors (Lipinski definition) is 7. The molecular weight excluding hydrogens is 332 g/mol. The fourth-order valence-corrected chi connectivity index (χ4v) is 2.92. The molecule has 4 rings (SSSR count). The second kappa shape index (κ2) is 6.62. The van der Waals surface area contributed by atoms with Gasteiger partial charge in [-0.15, -0.1) is 0 Å². The van der Waals surface area contributed by atoms with Gasteiger partial charge >= 0.3 is 0 Å². The van der Waals surface area contributed by atoms with Crippen LogP contribution in [0.4, 0.5) is 5.82 Å². The minimum Gasteiger partial charge on any atom is -0.488 e. The Bertz CT molecular complexity index is 894. The number of fused-ring (bicyclic) bond motifs is 1. The number of ether oxygens (including phenoxy) is 2. The normalized spacial score (nSPS) is 14.5. The van der Waals surface area contributed by atoms with Crippen molar-refractivity contribution in [3.63, 3.8) is 0 Å². The van der Waals surface area contributed by atoms with Crippen molar-refractivity contribution in [2.24, 2.45) is 0 Å². The van der Waals surface area contributed by atoms with E-state index in [0.717, 1.165) is 17.9 Å². The smallest absolute Gasteiger partial charge is 0.175 e. The maximum absolute atomic E-state index is 6.01. The molecule has 8 heteroatoms. The number of para-hydroxylation sites is 1. The van der Waals surface area contributed by atoms with Crippen LogP contribution in [0, 0.1) is 0 Å². The summed E-state index contributed by atoms with van der Waals surface area (Å²) < 4.78 is 13.5. The second-order valence-electron chi connectivity index (χ2n) is 6.66. The molecule has 2 aromatic heterocycles. The number of anilines is 1. The van der Waals surface area contributed by atoms with Gasteiger partial charge in [0.1, 0.15) is 30.7 Å². The van der Waals surface area contributed by atoms with Gasteiger partial charge in [0.15, 0.2) is 17.3 Å². The fourth-order valence-electron chi connectivity index (χ4n) is 2.92. The molecule has 3 heterocycles. The topological polar surface area (TPSA) is 87.0 Å². The standard InChI is InChI=1S/C18H20N6O2/c1-18(2)8-13-4-3-5-14(17(13)26-18)25-7-6-21-15-9-19-10-16(23-15)24-12-20-11-22-24/h3-5,9-12H,6-8H2,1-2H3,(H,21,23). The van der Waals surface area contributed by atoms with Gasteiger partial charge < -0.3 is 14.8 Å². The fraction of sp³-hybridized carbons (Fsp3) is 0.333. The molecule has 0 fully saturated rings. The molecule has 8 nitrogen and oxygen atoms in total. The lowest BCUT2D eigenvalue weighted by molar-refractivity contribution is 0.132. The molecule has 0 radical (unpaired) electrons. The molecule has 0 unspecified atom stereocenters. The first-order valence-electron chi connectivity index (χ1n) is 8.45. The molecule has 1 aliphatic heterocycles. The summed E-state index contributed by atoms with van der Waals surface area (Å²) in [5.41, 5.74) is 1.00. The van der Waals surface area contributed by atoms with Gasteiger partial charge in [0.25, 0.3) is 0 Å². The summed E-state index contributed by atoms with van der Waals surface area (Å²) in [6, 6.07) is 6.02. The number of hydrogen-bond donors (Lipinski definition) is 1. The predicted octanol–water partition coefficient (Wildman–Crippen LogP) is 2.26. The van der Waals surface area contributed by atoms with Crippen LogP contribution in [-0.2, 0) is 6.42 Å². The van der Waals surface area contributed by atoms with E-state index >= 15 is 0 Å². The maximum atomic E-state index is 6.01. The van der Waals surface area contributed by atoms with Crippen LogP contribution in [0.1, 0.15) is 19.4 Å². The monoisotopic (exact) mass is 352 g/mol. The highest BCUT2D eigenvalue weighted by molar-refractivity contribution is 5.50. The molecule has 0 aliphatic carbocycles. The van der Waals surface area contributed by atoms with Crippen molar-refractivity contribution in [2.45, 2.75) is 25.9 Å². The Labute approximate surface area is 151 Å². The quantitative estimate of drug-likeness (QED) is 0.681. The van der Waals surface area contributed by atoms with E-state index in [-0.39, 0.29) is 5.60 Å². The average Bonchev–Trinajstić information content (AvgIpc) is 3.25. The Balaban J connectivity index is 1.34. The van der Waals surface area contributed by atoms with Crippen LogP contribution in [0.25, 0.3) is 5.82 Å². The lowest BCUT2D eigenvalue weighted by atomic mass is 10.0. The van der Waals surface area contributed by atoms with Gasteiger partial charge in [-0.05, 0) is 19.9 Å². The zero-order chi connectivity index (χ0) is 18.0. The van der Waals surface area contributed by atoms with E-state index in [1.165, 1.54) is 11.9 Å². The van der Waals surface area contributed by atoms with Crippen LogP contribution >= 0.6 is 0 Å². The molecule has 26 heavy (non-hydrogen) atoms. The summed E-state index contributed by atoms with van der Waals surface area (Å²) in [7, 11) is 0. The van der Waals surface area contributed by atoms with Crippen LogP contribution in [0.5, 0.6) is 11.5 Å². The summed E-state index contributed by atoms with van der Waals surface area (Å²) >= 11 is 0. The molecule has 1 aromatic carbocycles. The molecule has 3 aromatic rings. The number of rotatable bonds is 6. The summed E-state index contributed by atoms with van der Waals surface area (Å²) in [4.78, 5) is 12.5. The molecule has 0 saturated carbocycles. The van der Waals surface area contributed by atoms with E-state index in [4.69, 9.17) is 9.47 Å². The van der Waals surface area contributed by atoms with Crippen molar-refractivity contribution in [1.29, 1.82) is 0 Å². The molecule has 0 spiro atoms. The lowest BCUT2D eigenvalue weighted by Gasteiger charge is -2.18. The van der Waals surface area contributed by atoms with Gasteiger partial charge in [-0.3, -0.25) is 4.98 Å². The molecule has 0 atom stereocenters. The van der Waals surface area contributed by atoms with E-state index in [1.54, 1.807) is 23.4 Å². The van der Waals surface area contributed by atoms with Crippen LogP contribution in [-0.4, -0.2) is 43.5 Å². The summed E-state index contributed by atoms with van der Waals surface area (Å²) in [6.07, 6.45) is 7.21. The van der Waals surface area contributed by atoms with E-state index in [0.29, 0.717) is 24.8 Å². The lowest BCUT2D eigenvalue weighted by Crippen LogP contribution is -2.24. The van der Waals surface area contributed by atoms with Crippen LogP contribution < -0.4 is 14.8 Å². The molecule has 0 saturated heterocycles. The number of aromatic nitrogens is 5. The molecule has 134 valence electrons. The summed E-state index contributed by atoms with van der Waals surface area (Å²) in [6.45, 7) is 5.23. The molecular formula is C18H20N6O2. The minimum absolute atomic E-state index is 0.183. The molecule has 1 aliphatic rings. The SMILES string of the molecule is CC1(C)Cc2cccc(OCCNc3cncc(-n4cncn4)n3)c2O1. The van der Waals surface area contributed by atoms with Gasteiger partial charge in [0, 0.05) is 12.0 Å². The Morgan fingerprint density at radius 2 is 2.19 bits per heavy atom. The average molecular weight is 352 g/mol. The summed E-state index contributed by atoms with van der Waals surface area (Å²) in [5.74, 6) is 2.88. The maximum Gasteiger partial charge on any atom is 0.175 e. The molecule has 1 N–H and O–H groups in total. The predicted molar refractivity (Wildman–Crippen MR) is 95.8 cm³/mol. The molecule has 0 amide bonds. The van der Waals surface area contributed by atoms with Gasteiger partial charge in [-0.25, -0.2) is 14.6 Å². The third-order valence-electron chi connectivity index (χ3n) is 4.00. The minimum atomic E-state index is -0.183. The van der Waals surface area contributed by atoms with E-state index in [1.807, 2.05) is 12.1 Å². The number of nitrogens with zero attached hydrogens (tertiary/aromatic N) is 5. The first-order chi connectivity index (χ1) is 12.6. The van der Waals surface area contributed by atoms with Crippen molar-refractivity contribution >= 4 is 5.82 Å². The Morgan fingerprint density at radius 3 is 3.04 bits per heavy atom. The van der Waals surface area contributed by atoms with Crippen molar-refractivity contribution < 1.29 is 9.47 Å². The number of benzene rings is 1. The first kappa shape index (κ1) is 16.3. The van der Waals surface area contributed by atoms with Gasteiger partial charge in [-0.2, -0.15) is 5.10 Å². The largest absolute Gasteiger partial charge is 0.488 e. The number of nitrogens with one attached hydrogen (secondary N) is 1. The van der Waals surface area contributed by atoms with E-state index in [2.05, 4.69) is 45.3 Å². The Morgan fingerprint density at radius 1 is 1.27 bits per heavy atom. The van der Waals surface area contributed by atoms with Gasteiger partial charge in [0.2, 0.25) is 0 Å². The van der Waals surface area contributed by atoms with Crippen molar-refractivity contribution in [1.82, 2.24) is 24.7 Å². The zero-order valence-corrected chi connectivity index (χ0v) is 14.7. The third kappa shape index (κ3) is 3.44. The Hall–Kier alpha value is -3.16. The van der Waals surface area contributed by atoms with Gasteiger partial charge in [-0.1, -0.05) is 12.1 Å². The van der Waals surface area contributed by atoms with E-state index < -0.39 is 0 Å². The summed E-state index contributed by atoms with van der Waals surface area (Å²) in [5, 5.41) is 7.25. The van der Waals surface area contributed by atoms with E-state index in [9.17, 15) is 0 Å². The van der Waals surface area contributed by atoms with Crippen molar-refractivity contribution in [3.05, 3.63) is 48.8 Å². The van der Waals surface area contributed by atoms with Crippen molar-refractivity contribution in [2.75, 3.05) is 18.5 Å². The second-order valence-corrected chi connectivity index (χ2v) is 6.66. The van der Waals surface area contributed by atoms with Crippen LogP contribution in [0.15, 0.2) is 43.2 Å². The highest BCUT2D eigenvalue weighted by atomic mass is 16.5. The third-order valence-corrected chi connectivity index (χ3v) is 4.00. The van der Waals surface area contributed by atoms with Crippen LogP contribution in [0.3, 0.4) is 0 Å². The highest BCUT2D eigenvalue weighted by Gasteiger charge is 2.32. The van der Waals surface area contributed by atoms with Crippen LogP contribution in [0.2, 0.25) is 0 Å². The first-order valence-corrected chi connectivity index (χ1v) is 8.45. The van der Waals surface area contributed by atoms with Gasteiger partial charge in [0.05, 0.1) is 18.9 Å². The zero-order valence-electron chi connectivity index (χ0n) is 14.7.